The lowest BCUT2D eigenvalue weighted by molar-refractivity contribution is -0.136. The van der Waals surface area contributed by atoms with Crippen LogP contribution in [0.4, 0.5) is 5.82 Å². The number of fused-ring (bicyclic) bond motifs is 1. The molecule has 3 aromatic heterocycles. The smallest absolute Gasteiger partial charge is 0.228 e. The average molecular weight is 409 g/mol. The highest BCUT2D eigenvalue weighted by atomic mass is 16.3. The summed E-state index contributed by atoms with van der Waals surface area (Å²) in [7, 11) is 1.85. The minimum atomic E-state index is -0.289. The van der Waals surface area contributed by atoms with Crippen molar-refractivity contribution in [2.24, 2.45) is 13.0 Å². The first-order valence-corrected chi connectivity index (χ1v) is 10.1. The third kappa shape index (κ3) is 3.27. The number of nitrogens with zero attached hydrogens (tertiary/aromatic N) is 7. The number of amides is 2. The monoisotopic (exact) mass is 409 g/mol. The number of hydrogen-bond donors (Lipinski definition) is 0. The largest absolute Gasteiger partial charge is 0.467 e. The summed E-state index contributed by atoms with van der Waals surface area (Å²) in [5, 5.41) is 5.18. The highest BCUT2D eigenvalue weighted by Crippen LogP contribution is 2.26. The molecule has 2 fully saturated rings. The molecule has 0 bridgehead atoms. The van der Waals surface area contributed by atoms with E-state index in [1.165, 1.54) is 0 Å². The van der Waals surface area contributed by atoms with E-state index >= 15 is 0 Å². The quantitative estimate of drug-likeness (QED) is 0.624. The molecule has 2 aliphatic rings. The predicted octanol–water partition coefficient (Wildman–Crippen LogP) is 0.654. The number of rotatable bonds is 4. The minimum absolute atomic E-state index is 0.00309. The second-order valence-electron chi connectivity index (χ2n) is 7.77. The average Bonchev–Trinajstić information content (AvgIpc) is 3.50. The molecule has 2 aliphatic heterocycles. The van der Waals surface area contributed by atoms with Crippen molar-refractivity contribution in [3.8, 4) is 0 Å². The van der Waals surface area contributed by atoms with Crippen LogP contribution in [-0.4, -0.2) is 74.1 Å². The molecule has 5 heterocycles. The number of hydrogen-bond acceptors (Lipinski definition) is 7. The van der Waals surface area contributed by atoms with Gasteiger partial charge in [0.1, 0.15) is 17.9 Å². The summed E-state index contributed by atoms with van der Waals surface area (Å²) < 4.78 is 7.06. The highest BCUT2D eigenvalue weighted by molar-refractivity contribution is 5.90. The maximum absolute atomic E-state index is 13.0. The first-order valence-electron chi connectivity index (χ1n) is 10.1. The number of carbonyl (C=O) groups is 2. The van der Waals surface area contributed by atoms with Crippen LogP contribution in [0, 0.1) is 5.92 Å². The molecule has 3 aromatic rings. The van der Waals surface area contributed by atoms with Gasteiger partial charge >= 0.3 is 0 Å². The van der Waals surface area contributed by atoms with Crippen LogP contribution in [0.2, 0.25) is 0 Å². The number of aryl methyl sites for hydroxylation is 1. The van der Waals surface area contributed by atoms with E-state index in [1.54, 1.807) is 34.4 Å². The Bertz CT molecular complexity index is 1070. The molecule has 0 aromatic carbocycles. The Morgan fingerprint density at radius 2 is 2.07 bits per heavy atom. The highest BCUT2D eigenvalue weighted by Gasteiger charge is 2.37. The number of furan rings is 1. The van der Waals surface area contributed by atoms with Crippen LogP contribution in [0.25, 0.3) is 11.0 Å². The predicted molar refractivity (Wildman–Crippen MR) is 107 cm³/mol. The summed E-state index contributed by atoms with van der Waals surface area (Å²) >= 11 is 0. The van der Waals surface area contributed by atoms with Crippen LogP contribution in [0.15, 0.2) is 35.3 Å². The van der Waals surface area contributed by atoms with E-state index in [2.05, 4.69) is 20.0 Å². The molecule has 0 saturated carbocycles. The summed E-state index contributed by atoms with van der Waals surface area (Å²) in [6.45, 7) is 3.44. The van der Waals surface area contributed by atoms with E-state index in [9.17, 15) is 9.59 Å². The summed E-state index contributed by atoms with van der Waals surface area (Å²) in [5.74, 6) is 1.35. The fraction of sp³-hybridized carbons (Fsp3) is 0.450. The van der Waals surface area contributed by atoms with Gasteiger partial charge in [-0.15, -0.1) is 0 Å². The summed E-state index contributed by atoms with van der Waals surface area (Å²) in [4.78, 5) is 39.8. The standard InChI is InChI=1S/C20H23N7O3/c1-24-18-16(10-23-24)19(22-13-21-18)25-4-6-26(7-5-25)20(29)14-9-17(28)27(11-14)12-15-3-2-8-30-15/h2-3,8,10,13-14H,4-7,9,11-12H2,1H3/t14-/m1/s1. The molecule has 0 radical (unpaired) electrons. The molecule has 10 heteroatoms. The van der Waals surface area contributed by atoms with E-state index in [-0.39, 0.29) is 24.2 Å². The van der Waals surface area contributed by atoms with Gasteiger partial charge in [0.05, 0.1) is 30.3 Å². The molecular formula is C20H23N7O3. The van der Waals surface area contributed by atoms with Gasteiger partial charge < -0.3 is 19.1 Å². The zero-order chi connectivity index (χ0) is 20.7. The first kappa shape index (κ1) is 18.6. The molecule has 10 nitrogen and oxygen atoms in total. The molecule has 156 valence electrons. The molecular weight excluding hydrogens is 386 g/mol. The summed E-state index contributed by atoms with van der Waals surface area (Å²) in [5.41, 5.74) is 0.791. The van der Waals surface area contributed by atoms with Crippen LogP contribution in [0.1, 0.15) is 12.2 Å². The van der Waals surface area contributed by atoms with Crippen LogP contribution >= 0.6 is 0 Å². The van der Waals surface area contributed by atoms with Crippen molar-refractivity contribution in [3.05, 3.63) is 36.7 Å². The third-order valence-corrected chi connectivity index (χ3v) is 5.89. The Kier molecular flexibility index (Phi) is 4.61. The number of anilines is 1. The fourth-order valence-corrected chi connectivity index (χ4v) is 4.28. The molecule has 5 rings (SSSR count). The zero-order valence-electron chi connectivity index (χ0n) is 16.8. The SMILES string of the molecule is Cn1ncc2c(N3CCN(C(=O)[C@@H]4CC(=O)N(Cc5ccco5)C4)CC3)ncnc21. The Balaban J connectivity index is 1.21. The Hall–Kier alpha value is -3.43. The summed E-state index contributed by atoms with van der Waals surface area (Å²) in [6.07, 6.45) is 5.19. The molecule has 2 amide bonds. The van der Waals surface area contributed by atoms with Crippen molar-refractivity contribution in [1.82, 2.24) is 29.5 Å². The maximum Gasteiger partial charge on any atom is 0.228 e. The topological polar surface area (TPSA) is 101 Å². The van der Waals surface area contributed by atoms with Crippen LogP contribution in [0.3, 0.4) is 0 Å². The molecule has 0 spiro atoms. The zero-order valence-corrected chi connectivity index (χ0v) is 16.8. The van der Waals surface area contributed by atoms with Gasteiger partial charge in [-0.1, -0.05) is 0 Å². The van der Waals surface area contributed by atoms with E-state index in [0.29, 0.717) is 39.3 Å². The molecule has 30 heavy (non-hydrogen) atoms. The van der Waals surface area contributed by atoms with Crippen LogP contribution in [0.5, 0.6) is 0 Å². The lowest BCUT2D eigenvalue weighted by atomic mass is 10.1. The Morgan fingerprint density at radius 3 is 2.83 bits per heavy atom. The number of piperazine rings is 1. The van der Waals surface area contributed by atoms with E-state index in [4.69, 9.17) is 4.42 Å². The molecule has 0 N–H and O–H groups in total. The number of carbonyl (C=O) groups excluding carboxylic acids is 2. The van der Waals surface area contributed by atoms with Crippen LogP contribution in [-0.2, 0) is 23.2 Å². The van der Waals surface area contributed by atoms with Crippen molar-refractivity contribution in [1.29, 1.82) is 0 Å². The summed E-state index contributed by atoms with van der Waals surface area (Å²) in [6, 6.07) is 3.64. The van der Waals surface area contributed by atoms with E-state index in [1.807, 2.05) is 18.0 Å². The van der Waals surface area contributed by atoms with Crippen LogP contribution < -0.4 is 4.90 Å². The van der Waals surface area contributed by atoms with Crippen molar-refractivity contribution in [3.63, 3.8) is 0 Å². The third-order valence-electron chi connectivity index (χ3n) is 5.89. The number of aromatic nitrogens is 4. The van der Waals surface area contributed by atoms with Gasteiger partial charge in [0.15, 0.2) is 5.65 Å². The minimum Gasteiger partial charge on any atom is -0.467 e. The second-order valence-corrected chi connectivity index (χ2v) is 7.77. The normalized spacial score (nSPS) is 19.8. The first-order chi connectivity index (χ1) is 14.6. The fourth-order valence-electron chi connectivity index (χ4n) is 4.28. The second kappa shape index (κ2) is 7.43. The van der Waals surface area contributed by atoms with Gasteiger partial charge in [-0.2, -0.15) is 5.10 Å². The van der Waals surface area contributed by atoms with Crippen molar-refractivity contribution >= 4 is 28.7 Å². The van der Waals surface area contributed by atoms with Crippen molar-refractivity contribution in [2.45, 2.75) is 13.0 Å². The molecule has 2 saturated heterocycles. The van der Waals surface area contributed by atoms with Gasteiger partial charge in [-0.25, -0.2) is 9.97 Å². The lowest BCUT2D eigenvalue weighted by Crippen LogP contribution is -2.51. The van der Waals surface area contributed by atoms with Gasteiger partial charge in [0.25, 0.3) is 0 Å². The van der Waals surface area contributed by atoms with Gasteiger partial charge in [-0.05, 0) is 12.1 Å². The van der Waals surface area contributed by atoms with E-state index in [0.717, 1.165) is 22.6 Å². The van der Waals surface area contributed by atoms with Gasteiger partial charge in [0.2, 0.25) is 11.8 Å². The Labute approximate surface area is 173 Å². The maximum atomic E-state index is 13.0. The van der Waals surface area contributed by atoms with Crippen molar-refractivity contribution < 1.29 is 14.0 Å². The molecule has 1 atom stereocenters. The molecule has 0 unspecified atom stereocenters. The van der Waals surface area contributed by atoms with E-state index < -0.39 is 0 Å². The van der Waals surface area contributed by atoms with Gasteiger partial charge in [0, 0.05) is 46.2 Å². The number of likely N-dealkylation sites (tertiary alicyclic amines) is 1. The van der Waals surface area contributed by atoms with Gasteiger partial charge in [-0.3, -0.25) is 14.3 Å². The van der Waals surface area contributed by atoms with Crippen molar-refractivity contribution in [2.75, 3.05) is 37.6 Å². The lowest BCUT2D eigenvalue weighted by Gasteiger charge is -2.36. The Morgan fingerprint density at radius 1 is 1.23 bits per heavy atom. The molecule has 0 aliphatic carbocycles.